The van der Waals surface area contributed by atoms with Crippen molar-refractivity contribution in [2.24, 2.45) is 5.41 Å². The summed E-state index contributed by atoms with van der Waals surface area (Å²) in [6, 6.07) is 9.16. The fourth-order valence-electron chi connectivity index (χ4n) is 2.98. The quantitative estimate of drug-likeness (QED) is 0.882. The van der Waals surface area contributed by atoms with Crippen molar-refractivity contribution < 1.29 is 4.79 Å². The molecular formula is C17H16Cl2N4O. The van der Waals surface area contributed by atoms with Gasteiger partial charge in [0.05, 0.1) is 18.8 Å². The SMILES string of the molecule is N#CC1(C(=O)Nc2ccnn2Cc2ccc(Cl)cc2Cl)CCCC1. The van der Waals surface area contributed by atoms with E-state index in [4.69, 9.17) is 23.2 Å². The number of hydrogen-bond donors (Lipinski definition) is 1. The van der Waals surface area contributed by atoms with Crippen molar-refractivity contribution in [3.63, 3.8) is 0 Å². The number of amides is 1. The van der Waals surface area contributed by atoms with Crippen LogP contribution in [0.15, 0.2) is 30.5 Å². The fourth-order valence-corrected chi connectivity index (χ4v) is 3.45. The van der Waals surface area contributed by atoms with Crippen LogP contribution in [0, 0.1) is 16.7 Å². The third kappa shape index (κ3) is 3.26. The highest BCUT2D eigenvalue weighted by atomic mass is 35.5. The van der Waals surface area contributed by atoms with Gasteiger partial charge < -0.3 is 5.32 Å². The third-order valence-electron chi connectivity index (χ3n) is 4.40. The van der Waals surface area contributed by atoms with Crippen molar-refractivity contribution in [3.8, 4) is 6.07 Å². The number of aromatic nitrogens is 2. The summed E-state index contributed by atoms with van der Waals surface area (Å²) in [5, 5.41) is 17.6. The number of carbonyl (C=O) groups is 1. The molecule has 1 saturated carbocycles. The molecule has 2 aromatic rings. The van der Waals surface area contributed by atoms with Crippen LogP contribution in [0.4, 0.5) is 5.82 Å². The van der Waals surface area contributed by atoms with Crippen molar-refractivity contribution in [2.45, 2.75) is 32.2 Å². The Bertz CT molecular complexity index is 803. The molecule has 0 saturated heterocycles. The Balaban J connectivity index is 1.78. The van der Waals surface area contributed by atoms with Crippen LogP contribution in [-0.2, 0) is 11.3 Å². The van der Waals surface area contributed by atoms with E-state index < -0.39 is 5.41 Å². The summed E-state index contributed by atoms with van der Waals surface area (Å²) in [6.45, 7) is 0.401. The van der Waals surface area contributed by atoms with Gasteiger partial charge in [0, 0.05) is 16.1 Å². The number of nitrogens with one attached hydrogen (secondary N) is 1. The average Bonchev–Trinajstić information content (AvgIpc) is 3.20. The number of anilines is 1. The Morgan fingerprint density at radius 1 is 1.33 bits per heavy atom. The molecule has 1 amide bonds. The predicted molar refractivity (Wildman–Crippen MR) is 92.9 cm³/mol. The topological polar surface area (TPSA) is 70.7 Å². The van der Waals surface area contributed by atoms with E-state index in [9.17, 15) is 10.1 Å². The van der Waals surface area contributed by atoms with Gasteiger partial charge in [-0.05, 0) is 30.5 Å². The predicted octanol–water partition coefficient (Wildman–Crippen LogP) is 4.26. The van der Waals surface area contributed by atoms with Crippen LogP contribution in [0.1, 0.15) is 31.2 Å². The molecule has 0 bridgehead atoms. The summed E-state index contributed by atoms with van der Waals surface area (Å²) in [7, 11) is 0. The Morgan fingerprint density at radius 3 is 2.75 bits per heavy atom. The molecule has 1 aromatic carbocycles. The first kappa shape index (κ1) is 16.8. The van der Waals surface area contributed by atoms with Gasteiger partial charge in [0.2, 0.25) is 5.91 Å². The minimum atomic E-state index is -0.924. The van der Waals surface area contributed by atoms with E-state index in [1.54, 1.807) is 29.1 Å². The molecule has 0 aliphatic heterocycles. The molecule has 1 aromatic heterocycles. The Kier molecular flexibility index (Phi) is 4.79. The first-order valence-corrected chi connectivity index (χ1v) is 8.48. The van der Waals surface area contributed by atoms with Crippen LogP contribution in [0.3, 0.4) is 0 Å². The second kappa shape index (κ2) is 6.84. The molecule has 3 rings (SSSR count). The van der Waals surface area contributed by atoms with Crippen molar-refractivity contribution in [1.82, 2.24) is 9.78 Å². The van der Waals surface area contributed by atoms with Gasteiger partial charge in [-0.25, -0.2) is 4.68 Å². The Labute approximate surface area is 150 Å². The van der Waals surface area contributed by atoms with Gasteiger partial charge in [-0.2, -0.15) is 10.4 Å². The molecule has 1 fully saturated rings. The monoisotopic (exact) mass is 362 g/mol. The van der Waals surface area contributed by atoms with E-state index >= 15 is 0 Å². The Hall–Kier alpha value is -2.03. The zero-order chi connectivity index (χ0) is 17.2. The largest absolute Gasteiger partial charge is 0.310 e. The number of halogens is 2. The van der Waals surface area contributed by atoms with Gasteiger partial charge in [-0.15, -0.1) is 0 Å². The second-order valence-electron chi connectivity index (χ2n) is 5.96. The van der Waals surface area contributed by atoms with E-state index in [0.717, 1.165) is 18.4 Å². The standard InChI is InChI=1S/C17H16Cl2N4O/c18-13-4-3-12(14(19)9-13)10-23-15(5-8-21-23)22-16(24)17(11-20)6-1-2-7-17/h3-5,8-9H,1-2,6-7,10H2,(H,22,24). The van der Waals surface area contributed by atoms with E-state index in [1.807, 2.05) is 6.07 Å². The highest BCUT2D eigenvalue weighted by Gasteiger charge is 2.41. The number of rotatable bonds is 4. The number of carbonyl (C=O) groups excluding carboxylic acids is 1. The molecule has 0 spiro atoms. The van der Waals surface area contributed by atoms with Crippen LogP contribution in [-0.4, -0.2) is 15.7 Å². The summed E-state index contributed by atoms with van der Waals surface area (Å²) < 4.78 is 1.65. The van der Waals surface area contributed by atoms with Crippen molar-refractivity contribution in [1.29, 1.82) is 5.26 Å². The summed E-state index contributed by atoms with van der Waals surface area (Å²) in [5.74, 6) is 0.291. The van der Waals surface area contributed by atoms with Crippen LogP contribution in [0.25, 0.3) is 0 Å². The zero-order valence-electron chi connectivity index (χ0n) is 12.9. The van der Waals surface area contributed by atoms with Crippen molar-refractivity contribution >= 4 is 34.9 Å². The highest BCUT2D eigenvalue weighted by molar-refractivity contribution is 6.35. The van der Waals surface area contributed by atoms with Crippen LogP contribution in [0.5, 0.6) is 0 Å². The third-order valence-corrected chi connectivity index (χ3v) is 4.99. The molecule has 7 heteroatoms. The van der Waals surface area contributed by atoms with Crippen LogP contribution < -0.4 is 5.32 Å². The van der Waals surface area contributed by atoms with Gasteiger partial charge in [-0.1, -0.05) is 42.1 Å². The van der Waals surface area contributed by atoms with Gasteiger partial charge in [0.1, 0.15) is 11.2 Å². The van der Waals surface area contributed by atoms with Gasteiger partial charge in [-0.3, -0.25) is 4.79 Å². The average molecular weight is 363 g/mol. The zero-order valence-corrected chi connectivity index (χ0v) is 14.4. The lowest BCUT2D eigenvalue weighted by molar-refractivity contribution is -0.122. The second-order valence-corrected chi connectivity index (χ2v) is 6.81. The van der Waals surface area contributed by atoms with E-state index in [2.05, 4.69) is 16.5 Å². The van der Waals surface area contributed by atoms with Crippen molar-refractivity contribution in [3.05, 3.63) is 46.1 Å². The molecule has 1 aliphatic rings. The van der Waals surface area contributed by atoms with Gasteiger partial charge in [0.25, 0.3) is 0 Å². The maximum absolute atomic E-state index is 12.6. The normalized spacial score (nSPS) is 15.9. The molecule has 5 nitrogen and oxygen atoms in total. The number of hydrogen-bond acceptors (Lipinski definition) is 3. The number of nitriles is 1. The molecule has 1 aliphatic carbocycles. The highest BCUT2D eigenvalue weighted by Crippen LogP contribution is 2.38. The maximum Gasteiger partial charge on any atom is 0.245 e. The molecule has 0 atom stereocenters. The van der Waals surface area contributed by atoms with E-state index in [0.29, 0.717) is 35.2 Å². The fraction of sp³-hybridized carbons (Fsp3) is 0.353. The first-order valence-electron chi connectivity index (χ1n) is 7.72. The summed E-state index contributed by atoms with van der Waals surface area (Å²) in [4.78, 5) is 12.6. The van der Waals surface area contributed by atoms with Crippen LogP contribution >= 0.6 is 23.2 Å². The summed E-state index contributed by atoms with van der Waals surface area (Å²) in [5.41, 5.74) is -0.0800. The molecular weight excluding hydrogens is 347 g/mol. The van der Waals surface area contributed by atoms with Gasteiger partial charge in [0.15, 0.2) is 0 Å². The van der Waals surface area contributed by atoms with Gasteiger partial charge >= 0.3 is 0 Å². The lowest BCUT2D eigenvalue weighted by Gasteiger charge is -2.19. The molecule has 124 valence electrons. The number of benzene rings is 1. The molecule has 1 N–H and O–H groups in total. The summed E-state index contributed by atoms with van der Waals surface area (Å²) in [6.07, 6.45) is 4.62. The lowest BCUT2D eigenvalue weighted by atomic mass is 9.87. The van der Waals surface area contributed by atoms with Crippen molar-refractivity contribution in [2.75, 3.05) is 5.32 Å². The van der Waals surface area contributed by atoms with E-state index in [-0.39, 0.29) is 5.91 Å². The maximum atomic E-state index is 12.6. The summed E-state index contributed by atoms with van der Waals surface area (Å²) >= 11 is 12.1. The lowest BCUT2D eigenvalue weighted by Crippen LogP contribution is -2.33. The first-order chi connectivity index (χ1) is 11.5. The molecule has 24 heavy (non-hydrogen) atoms. The molecule has 0 unspecified atom stereocenters. The Morgan fingerprint density at radius 2 is 2.08 bits per heavy atom. The smallest absolute Gasteiger partial charge is 0.245 e. The van der Waals surface area contributed by atoms with Crippen LogP contribution in [0.2, 0.25) is 10.0 Å². The number of nitrogens with zero attached hydrogens (tertiary/aromatic N) is 3. The van der Waals surface area contributed by atoms with E-state index in [1.165, 1.54) is 0 Å². The molecule has 1 heterocycles. The minimum Gasteiger partial charge on any atom is -0.310 e. The minimum absolute atomic E-state index is 0.258. The molecule has 0 radical (unpaired) electrons.